The van der Waals surface area contributed by atoms with Crippen molar-refractivity contribution in [3.05, 3.63) is 72.1 Å². The van der Waals surface area contributed by atoms with E-state index in [4.69, 9.17) is 0 Å². The van der Waals surface area contributed by atoms with E-state index in [0.717, 1.165) is 11.7 Å². The Morgan fingerprint density at radius 3 is 2.62 bits per heavy atom. The lowest BCUT2D eigenvalue weighted by molar-refractivity contribution is 0.222. The summed E-state index contributed by atoms with van der Waals surface area (Å²) in [6.07, 6.45) is 10.3. The van der Waals surface area contributed by atoms with Crippen molar-refractivity contribution in [2.75, 3.05) is 13.1 Å². The number of benzene rings is 2. The van der Waals surface area contributed by atoms with Crippen molar-refractivity contribution in [3.63, 3.8) is 0 Å². The zero-order chi connectivity index (χ0) is 17.3. The quantitative estimate of drug-likeness (QED) is 0.698. The Morgan fingerprint density at radius 2 is 1.77 bits per heavy atom. The van der Waals surface area contributed by atoms with E-state index < -0.39 is 0 Å². The van der Waals surface area contributed by atoms with Gasteiger partial charge in [-0.2, -0.15) is 5.10 Å². The van der Waals surface area contributed by atoms with Crippen molar-refractivity contribution in [1.29, 1.82) is 0 Å². The Morgan fingerprint density at radius 1 is 0.885 bits per heavy atom. The van der Waals surface area contributed by atoms with Crippen LogP contribution in [0.3, 0.4) is 0 Å². The molecule has 3 heteroatoms. The Kier molecular flexibility index (Phi) is 4.10. The number of hydrogen-bond acceptors (Lipinski definition) is 2. The summed E-state index contributed by atoms with van der Waals surface area (Å²) in [5.41, 5.74) is 6.79. The second-order valence-corrected chi connectivity index (χ2v) is 7.62. The Balaban J connectivity index is 1.41. The van der Waals surface area contributed by atoms with Crippen molar-refractivity contribution in [2.24, 2.45) is 0 Å². The van der Waals surface area contributed by atoms with Crippen LogP contribution in [0.5, 0.6) is 0 Å². The molecule has 0 spiro atoms. The minimum atomic E-state index is 0.763. The SMILES string of the molecule is c1cc(-c2ccc3c(c2)CCC(N2CCCC2)C3)cc(-n2cccn2)c1. The van der Waals surface area contributed by atoms with Gasteiger partial charge in [-0.1, -0.05) is 30.3 Å². The van der Waals surface area contributed by atoms with Crippen molar-refractivity contribution >= 4 is 0 Å². The Hall–Kier alpha value is -2.39. The van der Waals surface area contributed by atoms with Gasteiger partial charge in [0.25, 0.3) is 0 Å². The lowest BCUT2D eigenvalue weighted by Crippen LogP contribution is -2.37. The molecule has 1 saturated heterocycles. The summed E-state index contributed by atoms with van der Waals surface area (Å²) < 4.78 is 1.92. The van der Waals surface area contributed by atoms with Crippen molar-refractivity contribution in [2.45, 2.75) is 38.1 Å². The number of nitrogens with zero attached hydrogens (tertiary/aromatic N) is 3. The van der Waals surface area contributed by atoms with E-state index in [2.05, 4.69) is 52.5 Å². The first-order valence-electron chi connectivity index (χ1n) is 9.83. The fourth-order valence-corrected chi connectivity index (χ4v) is 4.58. The molecule has 0 saturated carbocycles. The lowest BCUT2D eigenvalue weighted by atomic mass is 9.85. The van der Waals surface area contributed by atoms with Gasteiger partial charge in [0.15, 0.2) is 0 Å². The lowest BCUT2D eigenvalue weighted by Gasteiger charge is -2.32. The molecular weight excluding hydrogens is 318 g/mol. The number of aryl methyl sites for hydroxylation is 1. The summed E-state index contributed by atoms with van der Waals surface area (Å²) in [5, 5.41) is 4.35. The van der Waals surface area contributed by atoms with Gasteiger partial charge in [0.2, 0.25) is 0 Å². The van der Waals surface area contributed by atoms with Gasteiger partial charge in [-0.05, 0) is 85.6 Å². The van der Waals surface area contributed by atoms with Gasteiger partial charge in [-0.25, -0.2) is 4.68 Å². The molecule has 0 bridgehead atoms. The fourth-order valence-electron chi connectivity index (χ4n) is 4.58. The Bertz CT molecular complexity index is 892. The normalized spacial score (nSPS) is 20.2. The molecule has 2 aromatic carbocycles. The van der Waals surface area contributed by atoms with Crippen LogP contribution in [-0.4, -0.2) is 33.8 Å². The van der Waals surface area contributed by atoms with Crippen LogP contribution in [0.15, 0.2) is 60.9 Å². The minimum absolute atomic E-state index is 0.763. The second kappa shape index (κ2) is 6.73. The van der Waals surface area contributed by atoms with E-state index >= 15 is 0 Å². The van der Waals surface area contributed by atoms with Gasteiger partial charge in [-0.3, -0.25) is 0 Å². The number of rotatable bonds is 3. The predicted octanol–water partition coefficient (Wildman–Crippen LogP) is 4.49. The van der Waals surface area contributed by atoms with Gasteiger partial charge >= 0.3 is 0 Å². The number of fused-ring (bicyclic) bond motifs is 1. The first-order chi connectivity index (χ1) is 12.9. The first kappa shape index (κ1) is 15.8. The largest absolute Gasteiger partial charge is 0.300 e. The maximum Gasteiger partial charge on any atom is 0.0651 e. The molecule has 1 unspecified atom stereocenters. The molecule has 0 N–H and O–H groups in total. The fraction of sp³-hybridized carbons (Fsp3) is 0.348. The van der Waals surface area contributed by atoms with Crippen LogP contribution < -0.4 is 0 Å². The smallest absolute Gasteiger partial charge is 0.0651 e. The van der Waals surface area contributed by atoms with E-state index in [-0.39, 0.29) is 0 Å². The third-order valence-corrected chi connectivity index (χ3v) is 6.01. The summed E-state index contributed by atoms with van der Waals surface area (Å²) in [6, 6.07) is 18.5. The molecule has 1 atom stereocenters. The first-order valence-corrected chi connectivity index (χ1v) is 9.83. The second-order valence-electron chi connectivity index (χ2n) is 7.62. The highest BCUT2D eigenvalue weighted by Crippen LogP contribution is 2.31. The van der Waals surface area contributed by atoms with Crippen LogP contribution in [-0.2, 0) is 12.8 Å². The minimum Gasteiger partial charge on any atom is -0.300 e. The summed E-state index contributed by atoms with van der Waals surface area (Å²) in [5.74, 6) is 0. The van der Waals surface area contributed by atoms with Crippen LogP contribution in [0.1, 0.15) is 30.4 Å². The molecule has 1 aliphatic heterocycles. The monoisotopic (exact) mass is 343 g/mol. The summed E-state index contributed by atoms with van der Waals surface area (Å²) in [4.78, 5) is 2.71. The van der Waals surface area contributed by atoms with Gasteiger partial charge in [0.05, 0.1) is 5.69 Å². The summed E-state index contributed by atoms with van der Waals surface area (Å²) in [6.45, 7) is 2.61. The average molecular weight is 343 g/mol. The maximum absolute atomic E-state index is 4.35. The summed E-state index contributed by atoms with van der Waals surface area (Å²) >= 11 is 0. The van der Waals surface area contributed by atoms with Crippen LogP contribution in [0.4, 0.5) is 0 Å². The van der Waals surface area contributed by atoms with Crippen LogP contribution >= 0.6 is 0 Å². The molecule has 1 fully saturated rings. The van der Waals surface area contributed by atoms with Crippen molar-refractivity contribution in [1.82, 2.24) is 14.7 Å². The molecule has 2 heterocycles. The number of hydrogen-bond donors (Lipinski definition) is 0. The van der Waals surface area contributed by atoms with Crippen molar-refractivity contribution in [3.8, 4) is 16.8 Å². The molecule has 132 valence electrons. The van der Waals surface area contributed by atoms with E-state index in [9.17, 15) is 0 Å². The van der Waals surface area contributed by atoms with Gasteiger partial charge in [0, 0.05) is 18.4 Å². The van der Waals surface area contributed by atoms with Crippen LogP contribution in [0.2, 0.25) is 0 Å². The van der Waals surface area contributed by atoms with Gasteiger partial charge in [-0.15, -0.1) is 0 Å². The molecule has 0 amide bonds. The standard InChI is InChI=1S/C23H25N3/c1-2-13-25(12-1)22-10-9-20-15-19(7-8-21(20)16-22)18-5-3-6-23(17-18)26-14-4-11-24-26/h3-8,11,14-15,17,22H,1-2,9-10,12-13,16H2. The molecule has 3 aromatic rings. The zero-order valence-electron chi connectivity index (χ0n) is 15.1. The van der Waals surface area contributed by atoms with Crippen LogP contribution in [0.25, 0.3) is 16.8 Å². The molecule has 1 aliphatic carbocycles. The molecular formula is C23H25N3. The highest BCUT2D eigenvalue weighted by Gasteiger charge is 2.26. The van der Waals surface area contributed by atoms with Crippen LogP contribution in [0, 0.1) is 0 Å². The van der Waals surface area contributed by atoms with E-state index in [1.807, 2.05) is 23.1 Å². The predicted molar refractivity (Wildman–Crippen MR) is 106 cm³/mol. The van der Waals surface area contributed by atoms with E-state index in [0.29, 0.717) is 0 Å². The number of likely N-dealkylation sites (tertiary alicyclic amines) is 1. The molecule has 2 aliphatic rings. The van der Waals surface area contributed by atoms with Gasteiger partial charge in [0.1, 0.15) is 0 Å². The highest BCUT2D eigenvalue weighted by atomic mass is 15.3. The zero-order valence-corrected chi connectivity index (χ0v) is 15.1. The molecule has 3 nitrogen and oxygen atoms in total. The topological polar surface area (TPSA) is 21.1 Å². The summed E-state index contributed by atoms with van der Waals surface area (Å²) in [7, 11) is 0. The Labute approximate surface area is 155 Å². The molecule has 1 aromatic heterocycles. The third kappa shape index (κ3) is 2.97. The molecule has 0 radical (unpaired) electrons. The molecule has 26 heavy (non-hydrogen) atoms. The van der Waals surface area contributed by atoms with E-state index in [1.54, 1.807) is 11.1 Å². The van der Waals surface area contributed by atoms with E-state index in [1.165, 1.54) is 56.3 Å². The number of aromatic nitrogens is 2. The van der Waals surface area contributed by atoms with Gasteiger partial charge < -0.3 is 4.90 Å². The average Bonchev–Trinajstić information content (AvgIpc) is 3.41. The maximum atomic E-state index is 4.35. The third-order valence-electron chi connectivity index (χ3n) is 6.01. The van der Waals surface area contributed by atoms with Crippen molar-refractivity contribution < 1.29 is 0 Å². The highest BCUT2D eigenvalue weighted by molar-refractivity contribution is 5.67. The molecule has 5 rings (SSSR count).